The molecule has 0 unspecified atom stereocenters. The molecular formula is C17H20N2O4S3. The van der Waals surface area contributed by atoms with Crippen molar-refractivity contribution in [2.75, 3.05) is 24.1 Å². The number of anilines is 1. The predicted molar refractivity (Wildman–Crippen MR) is 103 cm³/mol. The molecule has 1 N–H and O–H groups in total. The van der Waals surface area contributed by atoms with Gasteiger partial charge in [-0.25, -0.2) is 16.8 Å². The molecule has 6 nitrogen and oxygen atoms in total. The zero-order valence-corrected chi connectivity index (χ0v) is 16.7. The van der Waals surface area contributed by atoms with Crippen molar-refractivity contribution >= 4 is 37.5 Å². The molecule has 0 aromatic heterocycles. The maximum absolute atomic E-state index is 12.5. The minimum Gasteiger partial charge on any atom is -0.280 e. The molecule has 2 aromatic rings. The number of benzene rings is 2. The van der Waals surface area contributed by atoms with Gasteiger partial charge in [0.25, 0.3) is 10.0 Å². The molecule has 0 atom stereocenters. The smallest absolute Gasteiger partial charge is 0.261 e. The molecule has 0 amide bonds. The predicted octanol–water partition coefficient (Wildman–Crippen LogP) is 2.99. The van der Waals surface area contributed by atoms with Gasteiger partial charge in [-0.2, -0.15) is 4.31 Å². The molecule has 1 saturated heterocycles. The van der Waals surface area contributed by atoms with Crippen molar-refractivity contribution in [1.29, 1.82) is 0 Å². The third kappa shape index (κ3) is 4.06. The van der Waals surface area contributed by atoms with Gasteiger partial charge in [0.1, 0.15) is 0 Å². The van der Waals surface area contributed by atoms with Gasteiger partial charge < -0.3 is 0 Å². The summed E-state index contributed by atoms with van der Waals surface area (Å²) in [6.07, 6.45) is 3.61. The lowest BCUT2D eigenvalue weighted by Crippen LogP contribution is -2.27. The van der Waals surface area contributed by atoms with E-state index in [-0.39, 0.29) is 9.79 Å². The summed E-state index contributed by atoms with van der Waals surface area (Å²) in [6.45, 7) is 1.02. The van der Waals surface area contributed by atoms with Crippen molar-refractivity contribution in [2.24, 2.45) is 0 Å². The van der Waals surface area contributed by atoms with Crippen LogP contribution in [0.5, 0.6) is 0 Å². The Morgan fingerprint density at radius 3 is 2.15 bits per heavy atom. The SMILES string of the molecule is CSc1cccc(NS(=O)(=O)c2ccc(S(=O)(=O)N3CCCC3)cc2)c1. The van der Waals surface area contributed by atoms with Gasteiger partial charge in [-0.1, -0.05) is 6.07 Å². The lowest BCUT2D eigenvalue weighted by Gasteiger charge is -2.15. The second-order valence-corrected chi connectivity index (χ2v) is 10.4. The third-order valence-corrected chi connectivity index (χ3v) is 8.19. The zero-order valence-electron chi connectivity index (χ0n) is 14.3. The highest BCUT2D eigenvalue weighted by molar-refractivity contribution is 7.98. The normalized spacial score (nSPS) is 15.9. The Labute approximate surface area is 158 Å². The number of nitrogens with zero attached hydrogens (tertiary/aromatic N) is 1. The molecule has 2 aromatic carbocycles. The third-order valence-electron chi connectivity index (χ3n) is 4.16. The standard InChI is InChI=1S/C17H20N2O4S3/c1-24-15-6-4-5-14(13-15)18-25(20,21)16-7-9-17(10-8-16)26(22,23)19-11-2-3-12-19/h4-10,13,18H,2-3,11-12H2,1H3. The first-order valence-electron chi connectivity index (χ1n) is 8.10. The van der Waals surface area contributed by atoms with E-state index in [4.69, 9.17) is 0 Å². The Kier molecular flexibility index (Phi) is 5.61. The van der Waals surface area contributed by atoms with Crippen molar-refractivity contribution in [2.45, 2.75) is 27.5 Å². The van der Waals surface area contributed by atoms with Crippen LogP contribution in [0.15, 0.2) is 63.2 Å². The van der Waals surface area contributed by atoms with Gasteiger partial charge in [0.15, 0.2) is 0 Å². The number of hydrogen-bond acceptors (Lipinski definition) is 5. The largest absolute Gasteiger partial charge is 0.280 e. The second kappa shape index (κ2) is 7.59. The fourth-order valence-electron chi connectivity index (χ4n) is 2.77. The number of thioether (sulfide) groups is 1. The van der Waals surface area contributed by atoms with Crippen molar-refractivity contribution in [3.63, 3.8) is 0 Å². The van der Waals surface area contributed by atoms with Crippen molar-refractivity contribution < 1.29 is 16.8 Å². The van der Waals surface area contributed by atoms with Crippen molar-refractivity contribution in [1.82, 2.24) is 4.31 Å². The van der Waals surface area contributed by atoms with Crippen LogP contribution in [0.2, 0.25) is 0 Å². The molecule has 1 aliphatic rings. The highest BCUT2D eigenvalue weighted by Crippen LogP contribution is 2.24. The Hall–Kier alpha value is -1.55. The van der Waals surface area contributed by atoms with Crippen LogP contribution in [0.4, 0.5) is 5.69 Å². The summed E-state index contributed by atoms with van der Waals surface area (Å²) in [5.41, 5.74) is 0.464. The van der Waals surface area contributed by atoms with E-state index in [1.54, 1.807) is 18.2 Å². The highest BCUT2D eigenvalue weighted by Gasteiger charge is 2.27. The van der Waals surface area contributed by atoms with Crippen LogP contribution >= 0.6 is 11.8 Å². The van der Waals surface area contributed by atoms with Crippen LogP contribution in [-0.4, -0.2) is 40.5 Å². The Morgan fingerprint density at radius 2 is 1.54 bits per heavy atom. The Bertz CT molecular complexity index is 981. The lowest BCUT2D eigenvalue weighted by atomic mass is 10.3. The van der Waals surface area contributed by atoms with Crippen LogP contribution < -0.4 is 4.72 Å². The summed E-state index contributed by atoms with van der Waals surface area (Å²) in [7, 11) is -7.34. The van der Waals surface area contributed by atoms with Gasteiger partial charge in [-0.3, -0.25) is 4.72 Å². The van der Waals surface area contributed by atoms with E-state index in [2.05, 4.69) is 4.72 Å². The molecule has 0 spiro atoms. The van der Waals surface area contributed by atoms with E-state index in [0.717, 1.165) is 17.7 Å². The quantitative estimate of drug-likeness (QED) is 0.738. The topological polar surface area (TPSA) is 83.5 Å². The molecule has 0 bridgehead atoms. The summed E-state index contributed by atoms with van der Waals surface area (Å²) in [5.74, 6) is 0. The fraction of sp³-hybridized carbons (Fsp3) is 0.294. The maximum atomic E-state index is 12.5. The Balaban J connectivity index is 1.82. The summed E-state index contributed by atoms with van der Waals surface area (Å²) in [5, 5.41) is 0. The highest BCUT2D eigenvalue weighted by atomic mass is 32.2. The molecule has 26 heavy (non-hydrogen) atoms. The van der Waals surface area contributed by atoms with Gasteiger partial charge in [0.2, 0.25) is 10.0 Å². The second-order valence-electron chi connectivity index (χ2n) is 5.92. The average Bonchev–Trinajstić information content (AvgIpc) is 3.17. The summed E-state index contributed by atoms with van der Waals surface area (Å²) >= 11 is 1.52. The van der Waals surface area contributed by atoms with Crippen LogP contribution in [0.25, 0.3) is 0 Å². The van der Waals surface area contributed by atoms with E-state index in [9.17, 15) is 16.8 Å². The van der Waals surface area contributed by atoms with Crippen molar-refractivity contribution in [3.8, 4) is 0 Å². The van der Waals surface area contributed by atoms with Crippen LogP contribution in [0, 0.1) is 0 Å². The first-order chi connectivity index (χ1) is 12.3. The molecule has 1 fully saturated rings. The van der Waals surface area contributed by atoms with Crippen LogP contribution in [-0.2, 0) is 20.0 Å². The minimum atomic E-state index is -3.79. The molecular weight excluding hydrogens is 392 g/mol. The number of sulfonamides is 2. The van der Waals surface area contributed by atoms with Gasteiger partial charge in [-0.15, -0.1) is 11.8 Å². The molecule has 0 radical (unpaired) electrons. The monoisotopic (exact) mass is 412 g/mol. The van der Waals surface area contributed by atoms with Gasteiger partial charge in [0, 0.05) is 23.7 Å². The van der Waals surface area contributed by atoms with Gasteiger partial charge in [0.05, 0.1) is 9.79 Å². The lowest BCUT2D eigenvalue weighted by molar-refractivity contribution is 0.477. The number of hydrogen-bond donors (Lipinski definition) is 1. The fourth-order valence-corrected chi connectivity index (χ4v) is 5.80. The van der Waals surface area contributed by atoms with Gasteiger partial charge in [-0.05, 0) is 61.6 Å². The maximum Gasteiger partial charge on any atom is 0.261 e. The molecule has 140 valence electrons. The van der Waals surface area contributed by atoms with Gasteiger partial charge >= 0.3 is 0 Å². The van der Waals surface area contributed by atoms with E-state index >= 15 is 0 Å². The molecule has 1 aliphatic heterocycles. The first kappa shape index (κ1) is 19.2. The van der Waals surface area contributed by atoms with Crippen LogP contribution in [0.1, 0.15) is 12.8 Å². The van der Waals surface area contributed by atoms with Crippen LogP contribution in [0.3, 0.4) is 0 Å². The van der Waals surface area contributed by atoms with E-state index in [0.29, 0.717) is 18.8 Å². The average molecular weight is 413 g/mol. The summed E-state index contributed by atoms with van der Waals surface area (Å²) in [4.78, 5) is 1.08. The van der Waals surface area contributed by atoms with Crippen molar-refractivity contribution in [3.05, 3.63) is 48.5 Å². The number of nitrogens with one attached hydrogen (secondary N) is 1. The number of rotatable bonds is 6. The first-order valence-corrected chi connectivity index (χ1v) is 12.2. The minimum absolute atomic E-state index is 0.0208. The molecule has 3 rings (SSSR count). The van der Waals surface area contributed by atoms with E-state index < -0.39 is 20.0 Å². The Morgan fingerprint density at radius 1 is 0.923 bits per heavy atom. The summed E-state index contributed by atoms with van der Waals surface area (Å²) < 4.78 is 54.1. The summed E-state index contributed by atoms with van der Waals surface area (Å²) in [6, 6.07) is 12.4. The van der Waals surface area contributed by atoms with E-state index in [1.807, 2.05) is 12.3 Å². The molecule has 1 heterocycles. The van der Waals surface area contributed by atoms with E-state index in [1.165, 1.54) is 40.3 Å². The molecule has 0 aliphatic carbocycles. The molecule has 9 heteroatoms. The zero-order chi connectivity index (χ0) is 18.8. The molecule has 0 saturated carbocycles.